The second kappa shape index (κ2) is 7.35. The van der Waals surface area contributed by atoms with Crippen LogP contribution in [0, 0.1) is 0 Å². The van der Waals surface area contributed by atoms with E-state index in [0.717, 1.165) is 6.07 Å². The Hall–Kier alpha value is 0.420. The maximum atomic E-state index is 14.7. The first-order valence-corrected chi connectivity index (χ1v) is 8.73. The van der Waals surface area contributed by atoms with Gasteiger partial charge in [0.15, 0.2) is 3.79 Å². The SMILES string of the molecule is FC(F)(F)C(F)(F)C(F)(c1cc(Br)cc(Br)c1CC(Cl)(Cl)Cl)C(F)(F)F. The van der Waals surface area contributed by atoms with Gasteiger partial charge < -0.3 is 0 Å². The summed E-state index contributed by atoms with van der Waals surface area (Å²) in [5.41, 5.74) is -9.20. The van der Waals surface area contributed by atoms with E-state index >= 15 is 0 Å². The van der Waals surface area contributed by atoms with Crippen LogP contribution in [-0.4, -0.2) is 22.1 Å². The van der Waals surface area contributed by atoms with E-state index < -0.39 is 54.2 Å². The van der Waals surface area contributed by atoms with Crippen LogP contribution < -0.4 is 0 Å². The van der Waals surface area contributed by atoms with Gasteiger partial charge in [-0.2, -0.15) is 35.1 Å². The highest BCUT2D eigenvalue weighted by molar-refractivity contribution is 9.11. The fraction of sp³-hybridized carbons (Fsp3) is 0.500. The summed E-state index contributed by atoms with van der Waals surface area (Å²) in [6.45, 7) is 0. The lowest BCUT2D eigenvalue weighted by molar-refractivity contribution is -0.389. The molecular weight excluding hydrogens is 581 g/mol. The van der Waals surface area contributed by atoms with E-state index in [4.69, 9.17) is 34.8 Å². The Kier molecular flexibility index (Phi) is 6.91. The molecule has 0 aromatic heterocycles. The van der Waals surface area contributed by atoms with E-state index in [-0.39, 0.29) is 6.07 Å². The lowest BCUT2D eigenvalue weighted by atomic mass is 9.84. The molecule has 0 heterocycles. The molecule has 1 atom stereocenters. The average molecular weight is 585 g/mol. The van der Waals surface area contributed by atoms with Crippen molar-refractivity contribution in [1.82, 2.24) is 0 Å². The van der Waals surface area contributed by atoms with Crippen molar-refractivity contribution in [2.45, 2.75) is 34.2 Å². The van der Waals surface area contributed by atoms with Gasteiger partial charge in [0.2, 0.25) is 0 Å². The third kappa shape index (κ3) is 4.52. The second-order valence-electron chi connectivity index (χ2n) is 4.93. The van der Waals surface area contributed by atoms with Gasteiger partial charge in [-0.05, 0) is 17.7 Å². The third-order valence-corrected chi connectivity index (χ3v) is 4.65. The molecule has 26 heavy (non-hydrogen) atoms. The summed E-state index contributed by atoms with van der Waals surface area (Å²) in [4.78, 5) is 0. The Bertz CT molecular complexity index is 682. The smallest absolute Gasteiger partial charge is 0.221 e. The first-order valence-electron chi connectivity index (χ1n) is 6.01. The van der Waals surface area contributed by atoms with Crippen LogP contribution in [0.15, 0.2) is 21.1 Å². The summed E-state index contributed by atoms with van der Waals surface area (Å²) >= 11 is 21.5. The van der Waals surface area contributed by atoms with Crippen molar-refractivity contribution in [3.05, 3.63) is 32.2 Å². The van der Waals surface area contributed by atoms with Gasteiger partial charge in [-0.1, -0.05) is 66.7 Å². The predicted molar refractivity (Wildman–Crippen MR) is 85.7 cm³/mol. The van der Waals surface area contributed by atoms with Crippen molar-refractivity contribution in [3.8, 4) is 0 Å². The number of hydrogen-bond donors (Lipinski definition) is 0. The quantitative estimate of drug-likeness (QED) is 0.249. The van der Waals surface area contributed by atoms with E-state index in [0.29, 0.717) is 0 Å². The minimum absolute atomic E-state index is 0.129. The maximum absolute atomic E-state index is 14.7. The molecule has 0 nitrogen and oxygen atoms in total. The maximum Gasteiger partial charge on any atom is 0.457 e. The van der Waals surface area contributed by atoms with Gasteiger partial charge in [0, 0.05) is 20.9 Å². The fourth-order valence-electron chi connectivity index (χ4n) is 1.99. The van der Waals surface area contributed by atoms with Crippen LogP contribution in [0.2, 0.25) is 0 Å². The Morgan fingerprint density at radius 2 is 1.23 bits per heavy atom. The molecule has 0 aliphatic rings. The highest BCUT2D eigenvalue weighted by atomic mass is 79.9. The molecule has 150 valence electrons. The van der Waals surface area contributed by atoms with Crippen molar-refractivity contribution >= 4 is 66.7 Å². The van der Waals surface area contributed by atoms with Gasteiger partial charge in [0.25, 0.3) is 0 Å². The van der Waals surface area contributed by atoms with E-state index in [1.54, 1.807) is 0 Å². The normalized spacial score (nSPS) is 16.5. The van der Waals surface area contributed by atoms with Gasteiger partial charge in [-0.3, -0.25) is 0 Å². The first-order chi connectivity index (χ1) is 11.3. The third-order valence-electron chi connectivity index (χ3n) is 3.09. The van der Waals surface area contributed by atoms with Gasteiger partial charge in [0.1, 0.15) is 0 Å². The molecule has 1 aromatic rings. The topological polar surface area (TPSA) is 0 Å². The Labute approximate surface area is 172 Å². The van der Waals surface area contributed by atoms with Gasteiger partial charge in [-0.15, -0.1) is 0 Å². The molecule has 1 rings (SSSR count). The van der Waals surface area contributed by atoms with Gasteiger partial charge in [0.05, 0.1) is 0 Å². The second-order valence-corrected chi connectivity index (χ2v) is 9.22. The minimum Gasteiger partial charge on any atom is -0.221 e. The average Bonchev–Trinajstić information content (AvgIpc) is 2.36. The number of rotatable bonds is 3. The Morgan fingerprint density at radius 3 is 1.58 bits per heavy atom. The lowest BCUT2D eigenvalue weighted by Gasteiger charge is -2.37. The van der Waals surface area contributed by atoms with E-state index in [1.165, 1.54) is 0 Å². The molecule has 0 amide bonds. The largest absolute Gasteiger partial charge is 0.457 e. The molecule has 1 aromatic carbocycles. The van der Waals surface area contributed by atoms with Crippen LogP contribution in [0.5, 0.6) is 0 Å². The molecule has 0 radical (unpaired) electrons. The number of halogens is 14. The number of hydrogen-bond acceptors (Lipinski definition) is 0. The van der Waals surface area contributed by atoms with Crippen LogP contribution in [0.1, 0.15) is 11.1 Å². The molecule has 0 N–H and O–H groups in total. The molecule has 0 saturated heterocycles. The molecule has 0 saturated carbocycles. The summed E-state index contributed by atoms with van der Waals surface area (Å²) in [5.74, 6) is -6.83. The summed E-state index contributed by atoms with van der Waals surface area (Å²) in [5, 5.41) is 0. The minimum atomic E-state index is -6.86. The molecule has 0 fully saturated rings. The molecule has 0 aliphatic carbocycles. The van der Waals surface area contributed by atoms with Crippen LogP contribution in [-0.2, 0) is 12.1 Å². The standard InChI is InChI=1S/C12H4Br2Cl3F9/c13-4-1-6(5(7(14)2-4)3-8(15,16)17)9(18,11(21,22)23)10(19,20)12(24,25)26/h1-2H,3H2. The van der Waals surface area contributed by atoms with E-state index in [2.05, 4.69) is 31.9 Å². The van der Waals surface area contributed by atoms with Crippen LogP contribution in [0.25, 0.3) is 0 Å². The van der Waals surface area contributed by atoms with Crippen molar-refractivity contribution in [2.75, 3.05) is 0 Å². The number of benzene rings is 1. The summed E-state index contributed by atoms with van der Waals surface area (Å²) in [6, 6.07) is 1.10. The molecular formula is C12H4Br2Cl3F9. The summed E-state index contributed by atoms with van der Waals surface area (Å²) in [7, 11) is 0. The molecule has 14 heteroatoms. The lowest BCUT2D eigenvalue weighted by Crippen LogP contribution is -2.60. The fourth-order valence-corrected chi connectivity index (χ4v) is 3.75. The van der Waals surface area contributed by atoms with E-state index in [9.17, 15) is 39.5 Å². The highest BCUT2D eigenvalue weighted by Crippen LogP contribution is 2.59. The molecule has 0 bridgehead atoms. The van der Waals surface area contributed by atoms with Crippen LogP contribution >= 0.6 is 66.7 Å². The van der Waals surface area contributed by atoms with Crippen molar-refractivity contribution < 1.29 is 39.5 Å². The Morgan fingerprint density at radius 1 is 0.769 bits per heavy atom. The summed E-state index contributed by atoms with van der Waals surface area (Å²) in [6.07, 6.45) is -14.6. The molecule has 0 aliphatic heterocycles. The van der Waals surface area contributed by atoms with Crippen molar-refractivity contribution in [3.63, 3.8) is 0 Å². The zero-order chi connectivity index (χ0) is 20.9. The number of alkyl halides is 12. The van der Waals surface area contributed by atoms with E-state index in [1.807, 2.05) is 0 Å². The first kappa shape index (κ1) is 24.5. The molecule has 1 unspecified atom stereocenters. The molecule has 0 spiro atoms. The van der Waals surface area contributed by atoms with Crippen LogP contribution in [0.3, 0.4) is 0 Å². The van der Waals surface area contributed by atoms with Crippen molar-refractivity contribution in [2.24, 2.45) is 0 Å². The zero-order valence-corrected chi connectivity index (χ0v) is 17.1. The monoisotopic (exact) mass is 582 g/mol. The van der Waals surface area contributed by atoms with Crippen LogP contribution in [0.4, 0.5) is 39.5 Å². The highest BCUT2D eigenvalue weighted by Gasteiger charge is 2.82. The zero-order valence-electron chi connectivity index (χ0n) is 11.7. The Balaban J connectivity index is 3.97. The van der Waals surface area contributed by atoms with Gasteiger partial charge in [-0.25, -0.2) is 4.39 Å². The van der Waals surface area contributed by atoms with Crippen molar-refractivity contribution in [1.29, 1.82) is 0 Å². The summed E-state index contributed by atoms with van der Waals surface area (Å²) < 4.78 is 116. The predicted octanol–water partition coefficient (Wildman–Crippen LogP) is 8.05. The van der Waals surface area contributed by atoms with Gasteiger partial charge >= 0.3 is 23.9 Å².